The van der Waals surface area contributed by atoms with Crippen molar-refractivity contribution in [3.63, 3.8) is 0 Å². The molecule has 1 N–H and O–H groups in total. The summed E-state index contributed by atoms with van der Waals surface area (Å²) in [5, 5.41) is 3.05. The van der Waals surface area contributed by atoms with Crippen LogP contribution < -0.4 is 5.32 Å². The summed E-state index contributed by atoms with van der Waals surface area (Å²) < 4.78 is 5.31. The molecule has 0 aliphatic carbocycles. The number of aryl methyl sites for hydroxylation is 1. The first kappa shape index (κ1) is 12.6. The van der Waals surface area contributed by atoms with Crippen LogP contribution in [0.25, 0.3) is 0 Å². The van der Waals surface area contributed by atoms with Gasteiger partial charge >= 0.3 is 0 Å². The molecule has 18 heavy (non-hydrogen) atoms. The molecule has 0 amide bonds. The van der Waals surface area contributed by atoms with E-state index >= 15 is 0 Å². The molecule has 0 saturated heterocycles. The highest BCUT2D eigenvalue weighted by Crippen LogP contribution is 2.14. The molecule has 0 fully saturated rings. The summed E-state index contributed by atoms with van der Waals surface area (Å²) in [5.74, 6) is 1.90. The van der Waals surface area contributed by atoms with Crippen LogP contribution in [-0.2, 0) is 13.1 Å². The van der Waals surface area contributed by atoms with Gasteiger partial charge in [-0.25, -0.2) is 4.98 Å². The summed E-state index contributed by atoms with van der Waals surface area (Å²) in [4.78, 5) is 6.47. The number of nitrogens with one attached hydrogen (secondary N) is 1. The lowest BCUT2D eigenvalue weighted by Crippen LogP contribution is -2.17. The molecule has 2 aromatic heterocycles. The van der Waals surface area contributed by atoms with E-state index in [2.05, 4.69) is 28.3 Å². The average molecular weight is 245 g/mol. The van der Waals surface area contributed by atoms with E-state index in [0.29, 0.717) is 0 Å². The fraction of sp³-hybridized carbons (Fsp3) is 0.357. The summed E-state index contributed by atoms with van der Waals surface area (Å²) in [6, 6.07) is 6.13. The maximum atomic E-state index is 5.31. The summed E-state index contributed by atoms with van der Waals surface area (Å²) >= 11 is 0. The predicted molar refractivity (Wildman–Crippen MR) is 72.4 cm³/mol. The maximum Gasteiger partial charge on any atom is 0.125 e. The highest BCUT2D eigenvalue weighted by atomic mass is 16.3. The van der Waals surface area contributed by atoms with Gasteiger partial charge in [0.15, 0.2) is 0 Å². The van der Waals surface area contributed by atoms with Gasteiger partial charge < -0.3 is 9.73 Å². The van der Waals surface area contributed by atoms with Crippen LogP contribution in [0.5, 0.6) is 0 Å². The van der Waals surface area contributed by atoms with Gasteiger partial charge in [0.1, 0.15) is 11.6 Å². The van der Waals surface area contributed by atoms with Crippen molar-refractivity contribution < 1.29 is 4.42 Å². The minimum atomic E-state index is 0.888. The van der Waals surface area contributed by atoms with Gasteiger partial charge in [0.2, 0.25) is 0 Å². The zero-order valence-electron chi connectivity index (χ0n) is 11.1. The standard InChI is InChI=1S/C14H19N3O/c1-11-13(5-7-18-11)10-17(3)9-12-4-6-16-14(8-12)15-2/h4-8H,9-10H2,1-3H3,(H,15,16). The van der Waals surface area contributed by atoms with Crippen LogP contribution in [0.15, 0.2) is 35.1 Å². The molecule has 0 atom stereocenters. The summed E-state index contributed by atoms with van der Waals surface area (Å²) in [5.41, 5.74) is 2.48. The minimum Gasteiger partial charge on any atom is -0.469 e. The lowest BCUT2D eigenvalue weighted by Gasteiger charge is -2.16. The highest BCUT2D eigenvalue weighted by Gasteiger charge is 2.06. The van der Waals surface area contributed by atoms with Gasteiger partial charge in [-0.3, -0.25) is 4.90 Å². The Labute approximate surface area is 108 Å². The molecule has 0 aromatic carbocycles. The van der Waals surface area contributed by atoms with Crippen molar-refractivity contribution in [1.82, 2.24) is 9.88 Å². The number of hydrogen-bond donors (Lipinski definition) is 1. The normalized spacial score (nSPS) is 10.9. The van der Waals surface area contributed by atoms with Crippen molar-refractivity contribution in [2.75, 3.05) is 19.4 Å². The first-order valence-electron chi connectivity index (χ1n) is 6.03. The number of furan rings is 1. The maximum absolute atomic E-state index is 5.31. The van der Waals surface area contributed by atoms with Crippen molar-refractivity contribution in [2.45, 2.75) is 20.0 Å². The van der Waals surface area contributed by atoms with Crippen molar-refractivity contribution in [2.24, 2.45) is 0 Å². The van der Waals surface area contributed by atoms with Crippen molar-refractivity contribution in [3.8, 4) is 0 Å². The van der Waals surface area contributed by atoms with Crippen LogP contribution in [-0.4, -0.2) is 24.0 Å². The van der Waals surface area contributed by atoms with Gasteiger partial charge in [-0.1, -0.05) is 0 Å². The molecule has 0 spiro atoms. The third-order valence-corrected chi connectivity index (χ3v) is 2.94. The molecule has 0 aliphatic rings. The smallest absolute Gasteiger partial charge is 0.125 e. The quantitative estimate of drug-likeness (QED) is 0.879. The molecular formula is C14H19N3O. The van der Waals surface area contributed by atoms with Crippen LogP contribution in [0.4, 0.5) is 5.82 Å². The molecule has 0 unspecified atom stereocenters. The average Bonchev–Trinajstić information content (AvgIpc) is 2.75. The van der Waals surface area contributed by atoms with Crippen LogP contribution in [0.2, 0.25) is 0 Å². The summed E-state index contributed by atoms with van der Waals surface area (Å²) in [6.45, 7) is 3.77. The second kappa shape index (κ2) is 5.69. The Balaban J connectivity index is 1.98. The monoisotopic (exact) mass is 245 g/mol. The van der Waals surface area contributed by atoms with Gasteiger partial charge in [-0.15, -0.1) is 0 Å². The number of rotatable bonds is 5. The van der Waals surface area contributed by atoms with Crippen molar-refractivity contribution >= 4 is 5.82 Å². The Morgan fingerprint density at radius 1 is 1.33 bits per heavy atom. The zero-order valence-corrected chi connectivity index (χ0v) is 11.1. The van der Waals surface area contributed by atoms with Gasteiger partial charge in [0.05, 0.1) is 6.26 Å². The first-order chi connectivity index (χ1) is 8.69. The number of pyridine rings is 1. The van der Waals surface area contributed by atoms with Crippen LogP contribution in [0, 0.1) is 6.92 Å². The van der Waals surface area contributed by atoms with Crippen molar-refractivity contribution in [1.29, 1.82) is 0 Å². The first-order valence-corrected chi connectivity index (χ1v) is 6.03. The van der Waals surface area contributed by atoms with E-state index in [-0.39, 0.29) is 0 Å². The van der Waals surface area contributed by atoms with E-state index in [1.165, 1.54) is 11.1 Å². The highest BCUT2D eigenvalue weighted by molar-refractivity contribution is 5.36. The Bertz CT molecular complexity index is 507. The molecule has 2 aromatic rings. The van der Waals surface area contributed by atoms with E-state index in [0.717, 1.165) is 24.7 Å². The van der Waals surface area contributed by atoms with Crippen molar-refractivity contribution in [3.05, 3.63) is 47.5 Å². The Hall–Kier alpha value is -1.81. The lowest BCUT2D eigenvalue weighted by molar-refractivity contribution is 0.316. The third-order valence-electron chi connectivity index (χ3n) is 2.94. The summed E-state index contributed by atoms with van der Waals surface area (Å²) in [7, 11) is 3.98. The lowest BCUT2D eigenvalue weighted by atomic mass is 10.2. The molecule has 0 radical (unpaired) electrons. The van der Waals surface area contributed by atoms with Gasteiger partial charge in [-0.05, 0) is 37.7 Å². The van der Waals surface area contributed by atoms with Crippen LogP contribution >= 0.6 is 0 Å². The second-order valence-corrected chi connectivity index (χ2v) is 4.47. The SMILES string of the molecule is CNc1cc(CN(C)Cc2ccoc2C)ccn1. The molecule has 0 saturated carbocycles. The fourth-order valence-corrected chi connectivity index (χ4v) is 1.94. The molecule has 4 nitrogen and oxygen atoms in total. The Kier molecular flexibility index (Phi) is 3.99. The Morgan fingerprint density at radius 3 is 2.83 bits per heavy atom. The predicted octanol–water partition coefficient (Wildman–Crippen LogP) is 2.66. The molecule has 2 rings (SSSR count). The largest absolute Gasteiger partial charge is 0.469 e. The molecular weight excluding hydrogens is 226 g/mol. The van der Waals surface area contributed by atoms with E-state index in [1.807, 2.05) is 32.3 Å². The molecule has 0 bridgehead atoms. The number of anilines is 1. The number of nitrogens with zero attached hydrogens (tertiary/aromatic N) is 2. The number of hydrogen-bond acceptors (Lipinski definition) is 4. The van der Waals surface area contributed by atoms with Gasteiger partial charge in [0, 0.05) is 31.9 Å². The Morgan fingerprint density at radius 2 is 2.17 bits per heavy atom. The minimum absolute atomic E-state index is 0.888. The van der Waals surface area contributed by atoms with E-state index in [4.69, 9.17) is 4.42 Å². The fourth-order valence-electron chi connectivity index (χ4n) is 1.94. The van der Waals surface area contributed by atoms with Gasteiger partial charge in [0.25, 0.3) is 0 Å². The van der Waals surface area contributed by atoms with Gasteiger partial charge in [-0.2, -0.15) is 0 Å². The zero-order chi connectivity index (χ0) is 13.0. The third kappa shape index (κ3) is 3.11. The molecule has 96 valence electrons. The second-order valence-electron chi connectivity index (χ2n) is 4.47. The molecule has 0 aliphatic heterocycles. The van der Waals surface area contributed by atoms with Crippen LogP contribution in [0.1, 0.15) is 16.9 Å². The van der Waals surface area contributed by atoms with E-state index < -0.39 is 0 Å². The van der Waals surface area contributed by atoms with E-state index in [9.17, 15) is 0 Å². The summed E-state index contributed by atoms with van der Waals surface area (Å²) in [6.07, 6.45) is 3.57. The molecule has 2 heterocycles. The van der Waals surface area contributed by atoms with E-state index in [1.54, 1.807) is 6.26 Å². The molecule has 4 heteroatoms. The number of aromatic nitrogens is 1. The topological polar surface area (TPSA) is 41.3 Å². The van der Waals surface area contributed by atoms with Crippen LogP contribution in [0.3, 0.4) is 0 Å².